The largest absolute Gasteiger partial charge is 0.489 e. The fraction of sp³-hybridized carbons (Fsp3) is 0.222. The molecule has 0 radical (unpaired) electrons. The second-order valence-electron chi connectivity index (χ2n) is 5.77. The molecule has 128 valence electrons. The van der Waals surface area contributed by atoms with Gasteiger partial charge in [0.15, 0.2) is 0 Å². The molecule has 2 aromatic carbocycles. The lowest BCUT2D eigenvalue weighted by Crippen LogP contribution is -2.41. The van der Waals surface area contributed by atoms with Crippen LogP contribution in [0, 0.1) is 18.3 Å². The van der Waals surface area contributed by atoms with Crippen LogP contribution in [0.1, 0.15) is 16.7 Å². The molecule has 0 saturated carbocycles. The minimum Gasteiger partial charge on any atom is -0.489 e. The summed E-state index contributed by atoms with van der Waals surface area (Å²) >= 11 is 0. The zero-order valence-corrected chi connectivity index (χ0v) is 13.8. The van der Waals surface area contributed by atoms with Gasteiger partial charge in [0.25, 0.3) is 0 Å². The van der Waals surface area contributed by atoms with Crippen LogP contribution in [-0.4, -0.2) is 18.5 Å². The SMILES string of the molecule is Cc1cc(OCc2cccc(C#N)c2)ccc1NC(=O)C1CNNN1. The van der Waals surface area contributed by atoms with Crippen molar-refractivity contribution < 1.29 is 9.53 Å². The van der Waals surface area contributed by atoms with Crippen LogP contribution in [0.25, 0.3) is 0 Å². The van der Waals surface area contributed by atoms with E-state index in [1.54, 1.807) is 12.1 Å². The third-order valence-corrected chi connectivity index (χ3v) is 3.87. The average Bonchev–Trinajstić information content (AvgIpc) is 3.17. The summed E-state index contributed by atoms with van der Waals surface area (Å²) in [6, 6.07) is 14.6. The highest BCUT2D eigenvalue weighted by atomic mass is 16.5. The average molecular weight is 337 g/mol. The van der Waals surface area contributed by atoms with Crippen LogP contribution in [0.3, 0.4) is 0 Å². The standard InChI is InChI=1S/C18H19N5O2/c1-12-7-15(25-11-14-4-2-3-13(8-14)9-19)5-6-16(12)21-18(24)17-10-20-23-22-17/h2-8,17,20,22-23H,10-11H2,1H3,(H,21,24). The van der Waals surface area contributed by atoms with E-state index in [0.717, 1.165) is 16.8 Å². The molecule has 0 bridgehead atoms. The van der Waals surface area contributed by atoms with Crippen molar-refractivity contribution >= 4 is 11.6 Å². The molecule has 0 aliphatic carbocycles. The van der Waals surface area contributed by atoms with E-state index in [4.69, 9.17) is 10.00 Å². The number of nitrogens with zero attached hydrogens (tertiary/aromatic N) is 1. The minimum atomic E-state index is -0.317. The highest BCUT2D eigenvalue weighted by molar-refractivity contribution is 5.95. The van der Waals surface area contributed by atoms with Crippen LogP contribution in [0.5, 0.6) is 5.75 Å². The monoisotopic (exact) mass is 337 g/mol. The summed E-state index contributed by atoms with van der Waals surface area (Å²) in [5.41, 5.74) is 11.6. The summed E-state index contributed by atoms with van der Waals surface area (Å²) in [4.78, 5) is 12.1. The molecule has 1 saturated heterocycles. The molecule has 1 aliphatic rings. The second-order valence-corrected chi connectivity index (χ2v) is 5.77. The van der Waals surface area contributed by atoms with Gasteiger partial charge in [0.2, 0.25) is 5.91 Å². The lowest BCUT2D eigenvalue weighted by atomic mass is 10.1. The van der Waals surface area contributed by atoms with Gasteiger partial charge in [0.05, 0.1) is 11.6 Å². The predicted molar refractivity (Wildman–Crippen MR) is 93.4 cm³/mol. The highest BCUT2D eigenvalue weighted by Crippen LogP contribution is 2.22. The van der Waals surface area contributed by atoms with Crippen molar-refractivity contribution in [2.24, 2.45) is 0 Å². The Kier molecular flexibility index (Phi) is 5.26. The van der Waals surface area contributed by atoms with Gasteiger partial charge < -0.3 is 10.1 Å². The first-order chi connectivity index (χ1) is 12.2. The van der Waals surface area contributed by atoms with Gasteiger partial charge in [0, 0.05) is 12.2 Å². The Morgan fingerprint density at radius 3 is 2.96 bits per heavy atom. The number of nitriles is 1. The van der Waals surface area contributed by atoms with E-state index in [1.165, 1.54) is 0 Å². The van der Waals surface area contributed by atoms with Crippen LogP contribution in [0.15, 0.2) is 42.5 Å². The van der Waals surface area contributed by atoms with Crippen molar-refractivity contribution in [3.05, 3.63) is 59.2 Å². The molecule has 7 heteroatoms. The number of nitrogens with one attached hydrogen (secondary N) is 4. The van der Waals surface area contributed by atoms with Crippen molar-refractivity contribution in [3.8, 4) is 11.8 Å². The van der Waals surface area contributed by atoms with Gasteiger partial charge in [-0.25, -0.2) is 10.9 Å². The van der Waals surface area contributed by atoms with E-state index in [-0.39, 0.29) is 11.9 Å². The van der Waals surface area contributed by atoms with Gasteiger partial charge in [-0.15, -0.1) is 0 Å². The quantitative estimate of drug-likeness (QED) is 0.658. The van der Waals surface area contributed by atoms with E-state index in [0.29, 0.717) is 24.5 Å². The van der Waals surface area contributed by atoms with Gasteiger partial charge in [-0.2, -0.15) is 10.8 Å². The number of amides is 1. The van der Waals surface area contributed by atoms with E-state index in [2.05, 4.69) is 27.8 Å². The van der Waals surface area contributed by atoms with E-state index in [1.807, 2.05) is 37.3 Å². The fourth-order valence-corrected chi connectivity index (χ4v) is 2.48. The number of hydrazine groups is 2. The van der Waals surface area contributed by atoms with Crippen LogP contribution in [-0.2, 0) is 11.4 Å². The summed E-state index contributed by atoms with van der Waals surface area (Å²) in [7, 11) is 0. The van der Waals surface area contributed by atoms with Gasteiger partial charge in [-0.05, 0) is 48.4 Å². The first kappa shape index (κ1) is 16.9. The highest BCUT2D eigenvalue weighted by Gasteiger charge is 2.22. The molecule has 1 atom stereocenters. The van der Waals surface area contributed by atoms with Crippen LogP contribution >= 0.6 is 0 Å². The topological polar surface area (TPSA) is 98.2 Å². The van der Waals surface area contributed by atoms with Crippen molar-refractivity contribution in [2.45, 2.75) is 19.6 Å². The summed E-state index contributed by atoms with van der Waals surface area (Å²) < 4.78 is 5.78. The zero-order valence-electron chi connectivity index (χ0n) is 13.8. The molecule has 0 aromatic heterocycles. The maximum Gasteiger partial charge on any atom is 0.244 e. The van der Waals surface area contributed by atoms with Crippen LogP contribution in [0.2, 0.25) is 0 Å². The van der Waals surface area contributed by atoms with Crippen LogP contribution < -0.4 is 26.4 Å². The van der Waals surface area contributed by atoms with Gasteiger partial charge in [0.1, 0.15) is 18.4 Å². The van der Waals surface area contributed by atoms with E-state index >= 15 is 0 Å². The molecule has 1 heterocycles. The Labute approximate surface area is 145 Å². The third-order valence-electron chi connectivity index (χ3n) is 3.87. The predicted octanol–water partition coefficient (Wildman–Crippen LogP) is 1.37. The van der Waals surface area contributed by atoms with Gasteiger partial charge >= 0.3 is 0 Å². The Morgan fingerprint density at radius 2 is 2.24 bits per heavy atom. The van der Waals surface area contributed by atoms with E-state index in [9.17, 15) is 4.79 Å². The molecule has 2 aromatic rings. The minimum absolute atomic E-state index is 0.109. The Bertz CT molecular complexity index is 809. The smallest absolute Gasteiger partial charge is 0.244 e. The number of hydrogen-bond donors (Lipinski definition) is 4. The number of anilines is 1. The lowest BCUT2D eigenvalue weighted by molar-refractivity contribution is -0.117. The molecule has 0 spiro atoms. The van der Waals surface area contributed by atoms with E-state index < -0.39 is 0 Å². The molecule has 1 unspecified atom stereocenters. The molecule has 7 nitrogen and oxygen atoms in total. The Morgan fingerprint density at radius 1 is 1.36 bits per heavy atom. The molecule has 1 aliphatic heterocycles. The fourth-order valence-electron chi connectivity index (χ4n) is 2.48. The Balaban J connectivity index is 1.61. The summed E-state index contributed by atoms with van der Waals surface area (Å²) in [6.07, 6.45) is 0. The third kappa shape index (κ3) is 4.33. The number of aryl methyl sites for hydroxylation is 1. The van der Waals surface area contributed by atoms with Crippen molar-refractivity contribution in [1.29, 1.82) is 5.26 Å². The number of carbonyl (C=O) groups is 1. The maximum atomic E-state index is 12.1. The number of carbonyl (C=O) groups excluding carboxylic acids is 1. The van der Waals surface area contributed by atoms with Crippen molar-refractivity contribution in [1.82, 2.24) is 16.4 Å². The number of ether oxygens (including phenoxy) is 1. The van der Waals surface area contributed by atoms with Gasteiger partial charge in [-0.3, -0.25) is 4.79 Å². The summed E-state index contributed by atoms with van der Waals surface area (Å²) in [6.45, 7) is 2.81. The van der Waals surface area contributed by atoms with Gasteiger partial charge in [-0.1, -0.05) is 12.1 Å². The second kappa shape index (κ2) is 7.77. The molecule has 1 fully saturated rings. The first-order valence-electron chi connectivity index (χ1n) is 7.92. The zero-order chi connectivity index (χ0) is 17.6. The summed E-state index contributed by atoms with van der Waals surface area (Å²) in [5.74, 6) is 0.600. The van der Waals surface area contributed by atoms with Crippen molar-refractivity contribution in [2.75, 3.05) is 11.9 Å². The molecular weight excluding hydrogens is 318 g/mol. The molecule has 1 amide bonds. The molecule has 25 heavy (non-hydrogen) atoms. The first-order valence-corrected chi connectivity index (χ1v) is 7.92. The lowest BCUT2D eigenvalue weighted by Gasteiger charge is -2.13. The molecule has 3 rings (SSSR count). The number of hydrogen-bond acceptors (Lipinski definition) is 6. The Hall–Kier alpha value is -2.92. The maximum absolute atomic E-state index is 12.1. The number of benzene rings is 2. The van der Waals surface area contributed by atoms with Crippen LogP contribution in [0.4, 0.5) is 5.69 Å². The normalized spacial score (nSPS) is 16.2. The van der Waals surface area contributed by atoms with Crippen molar-refractivity contribution in [3.63, 3.8) is 0 Å². The molecular formula is C18H19N5O2. The number of rotatable bonds is 5. The summed E-state index contributed by atoms with van der Waals surface area (Å²) in [5, 5.41) is 11.8. The molecule has 4 N–H and O–H groups in total.